The topological polar surface area (TPSA) is 45.8 Å². The van der Waals surface area contributed by atoms with E-state index in [2.05, 4.69) is 64.0 Å². The van der Waals surface area contributed by atoms with Gasteiger partial charge in [-0.3, -0.25) is 9.89 Å². The van der Waals surface area contributed by atoms with Gasteiger partial charge < -0.3 is 0 Å². The number of aromatic amines is 1. The van der Waals surface area contributed by atoms with Crippen molar-refractivity contribution in [3.05, 3.63) is 64.0 Å². The van der Waals surface area contributed by atoms with E-state index in [-0.39, 0.29) is 5.41 Å². The van der Waals surface area contributed by atoms with Gasteiger partial charge in [-0.05, 0) is 36.7 Å². The number of nitrogens with zero attached hydrogens (tertiary/aromatic N) is 1. The van der Waals surface area contributed by atoms with Crippen molar-refractivity contribution < 1.29 is 4.79 Å². The molecule has 2 aromatic rings. The average Bonchev–Trinajstić information content (AvgIpc) is 2.96. The molecule has 3 heteroatoms. The molecular weight excluding hydrogens is 332 g/mol. The summed E-state index contributed by atoms with van der Waals surface area (Å²) in [6.07, 6.45) is 3.36. The average molecular weight is 363 g/mol. The molecule has 1 unspecified atom stereocenters. The van der Waals surface area contributed by atoms with Gasteiger partial charge in [0.25, 0.3) is 0 Å². The molecule has 2 aliphatic carbocycles. The monoisotopic (exact) mass is 362 g/mol. The molecule has 0 fully saturated rings. The third-order valence-corrected chi connectivity index (χ3v) is 6.22. The van der Waals surface area contributed by atoms with Crippen LogP contribution in [0.4, 0.5) is 0 Å². The molecule has 0 saturated heterocycles. The summed E-state index contributed by atoms with van der Waals surface area (Å²) < 4.78 is 0. The summed E-state index contributed by atoms with van der Waals surface area (Å²) in [6.45, 7) is 11.1. The van der Waals surface area contributed by atoms with Crippen molar-refractivity contribution in [3.8, 4) is 0 Å². The minimum absolute atomic E-state index is 0.0335. The van der Waals surface area contributed by atoms with Gasteiger partial charge in [0.2, 0.25) is 0 Å². The fraction of sp³-hybridized carbons (Fsp3) is 0.500. The number of nitrogens with one attached hydrogen (secondary N) is 1. The molecule has 3 nitrogen and oxygen atoms in total. The largest absolute Gasteiger partial charge is 0.294 e. The van der Waals surface area contributed by atoms with Crippen LogP contribution in [-0.2, 0) is 23.1 Å². The van der Waals surface area contributed by atoms with Crippen LogP contribution in [0.5, 0.6) is 0 Å². The van der Waals surface area contributed by atoms with Crippen LogP contribution in [0.1, 0.15) is 70.0 Å². The number of rotatable bonds is 3. The molecule has 0 radical (unpaired) electrons. The van der Waals surface area contributed by atoms with Crippen LogP contribution in [0, 0.1) is 11.3 Å². The van der Waals surface area contributed by atoms with Gasteiger partial charge in [-0.1, -0.05) is 63.6 Å². The predicted molar refractivity (Wildman–Crippen MR) is 109 cm³/mol. The molecule has 1 heterocycles. The third-order valence-electron chi connectivity index (χ3n) is 6.22. The van der Waals surface area contributed by atoms with Crippen molar-refractivity contribution in [1.29, 1.82) is 0 Å². The molecule has 4 rings (SSSR count). The smallest absolute Gasteiger partial charge is 0.160 e. The van der Waals surface area contributed by atoms with Crippen LogP contribution < -0.4 is 0 Å². The van der Waals surface area contributed by atoms with Gasteiger partial charge in [0.1, 0.15) is 0 Å². The second-order valence-corrected chi connectivity index (χ2v) is 9.71. The summed E-state index contributed by atoms with van der Waals surface area (Å²) in [6, 6.07) is 10.5. The van der Waals surface area contributed by atoms with Crippen molar-refractivity contribution in [1.82, 2.24) is 10.2 Å². The molecule has 27 heavy (non-hydrogen) atoms. The Morgan fingerprint density at radius 1 is 1.11 bits per heavy atom. The molecule has 2 aliphatic rings. The van der Waals surface area contributed by atoms with E-state index in [0.29, 0.717) is 18.1 Å². The van der Waals surface area contributed by atoms with Crippen LogP contribution in [-0.4, -0.2) is 16.0 Å². The Hall–Kier alpha value is -2.16. The maximum atomic E-state index is 13.4. The van der Waals surface area contributed by atoms with Crippen LogP contribution in [0.15, 0.2) is 41.5 Å². The third kappa shape index (κ3) is 2.88. The number of allylic oxidation sites excluding steroid dienone is 2. The SMILES string of the molecule is CC(C)Cc1n[nH]c2c1C(C)(c1ccccc1)C1=C(C2)CC(C)(C)CC1=O. The second kappa shape index (κ2) is 6.19. The Kier molecular flexibility index (Phi) is 4.17. The van der Waals surface area contributed by atoms with E-state index >= 15 is 0 Å². The number of Topliss-reactive ketones (excluding diaryl/α,β-unsaturated/α-hetero) is 1. The van der Waals surface area contributed by atoms with E-state index in [9.17, 15) is 4.79 Å². The number of carbonyl (C=O) groups excluding carboxylic acids is 1. The minimum atomic E-state index is -0.422. The summed E-state index contributed by atoms with van der Waals surface area (Å²) in [5.41, 5.74) is 6.70. The van der Waals surface area contributed by atoms with Crippen molar-refractivity contribution >= 4 is 5.78 Å². The van der Waals surface area contributed by atoms with E-state index in [0.717, 1.165) is 30.5 Å². The first-order valence-electron chi connectivity index (χ1n) is 10.1. The van der Waals surface area contributed by atoms with Crippen LogP contribution in [0.3, 0.4) is 0 Å². The molecule has 0 amide bonds. The molecule has 0 spiro atoms. The predicted octanol–water partition coefficient (Wildman–Crippen LogP) is 5.16. The standard InChI is InChI=1S/C24H30N2O/c1-15(2)11-18-22-19(26-25-18)12-16-13-23(3,4)14-20(27)21(16)24(22,5)17-9-7-6-8-10-17/h6-10,15H,11-14H2,1-5H3,(H,25,26). The zero-order valence-electron chi connectivity index (χ0n) is 17.1. The van der Waals surface area contributed by atoms with Crippen molar-refractivity contribution in [2.45, 2.75) is 65.7 Å². The van der Waals surface area contributed by atoms with E-state index < -0.39 is 5.41 Å². The maximum absolute atomic E-state index is 13.4. The lowest BCUT2D eigenvalue weighted by Gasteiger charge is -2.44. The minimum Gasteiger partial charge on any atom is -0.294 e. The molecule has 142 valence electrons. The summed E-state index contributed by atoms with van der Waals surface area (Å²) in [5.74, 6) is 0.837. The number of ketones is 1. The van der Waals surface area contributed by atoms with Crippen molar-refractivity contribution in [3.63, 3.8) is 0 Å². The summed E-state index contributed by atoms with van der Waals surface area (Å²) >= 11 is 0. The highest BCUT2D eigenvalue weighted by molar-refractivity contribution is 6.01. The van der Waals surface area contributed by atoms with Gasteiger partial charge in [-0.25, -0.2) is 0 Å². The first-order chi connectivity index (χ1) is 12.7. The Morgan fingerprint density at radius 2 is 1.81 bits per heavy atom. The highest BCUT2D eigenvalue weighted by Gasteiger charge is 2.48. The molecular formula is C24H30N2O. The van der Waals surface area contributed by atoms with Crippen molar-refractivity contribution in [2.24, 2.45) is 11.3 Å². The number of benzene rings is 1. The number of aromatic nitrogens is 2. The van der Waals surface area contributed by atoms with Gasteiger partial charge in [-0.2, -0.15) is 5.10 Å². The van der Waals surface area contributed by atoms with E-state index in [1.807, 2.05) is 6.07 Å². The lowest BCUT2D eigenvalue weighted by molar-refractivity contribution is -0.118. The number of hydrogen-bond donors (Lipinski definition) is 1. The number of H-pyrrole nitrogens is 1. The lowest BCUT2D eigenvalue weighted by Crippen LogP contribution is -2.41. The maximum Gasteiger partial charge on any atom is 0.160 e. The van der Waals surface area contributed by atoms with Gasteiger partial charge in [-0.15, -0.1) is 0 Å². The Labute approximate surface area is 162 Å². The van der Waals surface area contributed by atoms with Crippen molar-refractivity contribution in [2.75, 3.05) is 0 Å². The molecule has 0 aliphatic heterocycles. The first kappa shape index (κ1) is 18.2. The van der Waals surface area contributed by atoms with Gasteiger partial charge in [0.15, 0.2) is 5.78 Å². The molecule has 0 saturated carbocycles. The highest BCUT2D eigenvalue weighted by atomic mass is 16.1. The lowest BCUT2D eigenvalue weighted by atomic mass is 9.58. The van der Waals surface area contributed by atoms with Gasteiger partial charge in [0, 0.05) is 35.1 Å². The summed E-state index contributed by atoms with van der Waals surface area (Å²) in [4.78, 5) is 13.4. The fourth-order valence-electron chi connectivity index (χ4n) is 5.30. The molecule has 1 aromatic carbocycles. The molecule has 1 N–H and O–H groups in total. The van der Waals surface area contributed by atoms with E-state index in [1.54, 1.807) is 0 Å². The van der Waals surface area contributed by atoms with E-state index in [1.165, 1.54) is 22.4 Å². The Balaban J connectivity index is 1.98. The van der Waals surface area contributed by atoms with Crippen LogP contribution >= 0.6 is 0 Å². The van der Waals surface area contributed by atoms with E-state index in [4.69, 9.17) is 5.10 Å². The van der Waals surface area contributed by atoms with Crippen LogP contribution in [0.25, 0.3) is 0 Å². The highest BCUT2D eigenvalue weighted by Crippen LogP contribution is 2.52. The molecule has 1 atom stereocenters. The van der Waals surface area contributed by atoms with Gasteiger partial charge >= 0.3 is 0 Å². The number of carbonyl (C=O) groups is 1. The Morgan fingerprint density at radius 3 is 2.48 bits per heavy atom. The fourth-order valence-corrected chi connectivity index (χ4v) is 5.30. The number of hydrogen-bond acceptors (Lipinski definition) is 2. The molecule has 0 bridgehead atoms. The second-order valence-electron chi connectivity index (χ2n) is 9.71. The molecule has 1 aromatic heterocycles. The van der Waals surface area contributed by atoms with Gasteiger partial charge in [0.05, 0.1) is 5.69 Å². The quantitative estimate of drug-likeness (QED) is 0.820. The summed E-state index contributed by atoms with van der Waals surface area (Å²) in [5, 5.41) is 8.05. The number of fused-ring (bicyclic) bond motifs is 1. The zero-order valence-corrected chi connectivity index (χ0v) is 17.1. The first-order valence-corrected chi connectivity index (χ1v) is 10.1. The normalized spacial score (nSPS) is 24.1. The Bertz CT molecular complexity index is 917. The summed E-state index contributed by atoms with van der Waals surface area (Å²) in [7, 11) is 0. The zero-order chi connectivity index (χ0) is 19.4. The van der Waals surface area contributed by atoms with Crippen LogP contribution in [0.2, 0.25) is 0 Å².